The molecule has 6 aromatic heterocycles. The van der Waals surface area contributed by atoms with E-state index < -0.39 is 0 Å². The number of rotatable bonds is 14. The largest absolute Gasteiger partial charge is 0.496 e. The molecule has 0 unspecified atom stereocenters. The van der Waals surface area contributed by atoms with Gasteiger partial charge in [-0.1, -0.05) is 25.2 Å². The minimum Gasteiger partial charge on any atom is -0.496 e. The van der Waals surface area contributed by atoms with Crippen molar-refractivity contribution in [3.05, 3.63) is 88.7 Å². The maximum absolute atomic E-state index is 13.1. The van der Waals surface area contributed by atoms with E-state index in [9.17, 15) is 9.59 Å². The molecule has 0 saturated carbocycles. The first kappa shape index (κ1) is 61.7. The summed E-state index contributed by atoms with van der Waals surface area (Å²) in [4.78, 5) is 54.1. The molecule has 0 aliphatic carbocycles. The van der Waals surface area contributed by atoms with Gasteiger partial charge in [0.2, 0.25) is 5.75 Å². The van der Waals surface area contributed by atoms with E-state index in [2.05, 4.69) is 35.5 Å². The molecule has 0 radical (unpaired) electrons. The Morgan fingerprint density at radius 2 is 1.07 bits per heavy atom. The molecule has 4 aromatic carbocycles. The molecular weight excluding hydrogens is 1090 g/mol. The van der Waals surface area contributed by atoms with Crippen molar-refractivity contribution in [1.82, 2.24) is 55.3 Å². The molecule has 448 valence electrons. The number of benzene rings is 4. The van der Waals surface area contributed by atoms with Crippen LogP contribution in [-0.2, 0) is 4.79 Å². The summed E-state index contributed by atoms with van der Waals surface area (Å²) in [6, 6.07) is 15.1. The van der Waals surface area contributed by atoms with E-state index in [4.69, 9.17) is 62.9 Å². The number of aromatic amines is 2. The summed E-state index contributed by atoms with van der Waals surface area (Å²) in [7, 11) is 11.2. The van der Waals surface area contributed by atoms with Gasteiger partial charge in [0.15, 0.2) is 23.0 Å². The van der Waals surface area contributed by atoms with E-state index in [-0.39, 0.29) is 26.5 Å². The van der Waals surface area contributed by atoms with Crippen molar-refractivity contribution in [3.8, 4) is 85.0 Å². The number of hydrogen-bond donors (Lipinski definition) is 4. The molecule has 0 bridgehead atoms. The number of methoxy groups -OCH3 is 2. The maximum atomic E-state index is 13.1. The molecule has 2 aliphatic rings. The molecule has 8 heterocycles. The second-order valence-electron chi connectivity index (χ2n) is 20.4. The van der Waals surface area contributed by atoms with Gasteiger partial charge in [-0.3, -0.25) is 9.59 Å². The van der Waals surface area contributed by atoms with Crippen molar-refractivity contribution in [1.29, 1.82) is 0 Å². The molecule has 0 atom stereocenters. The second-order valence-corrected chi connectivity index (χ2v) is 20.4. The number of nitrogens with zero attached hydrogens (tertiary/aromatic N) is 8. The van der Waals surface area contributed by atoms with Crippen molar-refractivity contribution in [2.45, 2.75) is 56.4 Å². The Hall–Kier alpha value is -9.32. The molecule has 5 N–H and O–H groups in total. The average Bonchev–Trinajstić information content (AvgIpc) is 1.81. The zero-order valence-corrected chi connectivity index (χ0v) is 48.5. The lowest BCUT2D eigenvalue weighted by atomic mass is 9.98. The third-order valence-corrected chi connectivity index (χ3v) is 14.1. The molecule has 0 saturated heterocycles. The molecular formula is C62H74N12O11. The van der Waals surface area contributed by atoms with Gasteiger partial charge in [-0.05, 0) is 118 Å². The highest BCUT2D eigenvalue weighted by molar-refractivity contribution is 6.16. The van der Waals surface area contributed by atoms with E-state index in [1.165, 1.54) is 0 Å². The van der Waals surface area contributed by atoms with Gasteiger partial charge in [-0.25, -0.2) is 19.9 Å². The number of ether oxygens (including phenoxy) is 7. The van der Waals surface area contributed by atoms with Gasteiger partial charge in [-0.15, -0.1) is 0 Å². The Morgan fingerprint density at radius 1 is 0.612 bits per heavy atom. The predicted octanol–water partition coefficient (Wildman–Crippen LogP) is 9.88. The van der Waals surface area contributed by atoms with Crippen LogP contribution in [0, 0.1) is 41.5 Å². The zero-order valence-electron chi connectivity index (χ0n) is 48.5. The number of aryl methyl sites for hydroxylation is 6. The highest BCUT2D eigenvalue weighted by atomic mass is 16.6. The van der Waals surface area contributed by atoms with E-state index in [1.54, 1.807) is 26.4 Å². The molecule has 85 heavy (non-hydrogen) atoms. The monoisotopic (exact) mass is 1160 g/mol. The predicted molar refractivity (Wildman–Crippen MR) is 327 cm³/mol. The number of nitrogens with two attached hydrogens (primary N) is 1. The fourth-order valence-electron chi connectivity index (χ4n) is 10.4. The minimum absolute atomic E-state index is 0. The molecule has 0 fully saturated rings. The molecule has 23 nitrogen and oxygen atoms in total. The van der Waals surface area contributed by atoms with Crippen LogP contribution in [0.4, 0.5) is 0 Å². The Kier molecular flexibility index (Phi) is 18.9. The van der Waals surface area contributed by atoms with Crippen LogP contribution in [-0.4, -0.2) is 157 Å². The summed E-state index contributed by atoms with van der Waals surface area (Å²) in [5.41, 5.74) is 16.5. The van der Waals surface area contributed by atoms with Gasteiger partial charge in [0.1, 0.15) is 72.4 Å². The van der Waals surface area contributed by atoms with Crippen molar-refractivity contribution < 1.29 is 51.8 Å². The van der Waals surface area contributed by atoms with Crippen LogP contribution in [0.25, 0.3) is 88.6 Å². The van der Waals surface area contributed by atoms with E-state index in [1.807, 2.05) is 111 Å². The number of H-pyrrole nitrogens is 2. The third-order valence-electron chi connectivity index (χ3n) is 14.1. The van der Waals surface area contributed by atoms with Crippen molar-refractivity contribution in [2.24, 2.45) is 5.73 Å². The summed E-state index contributed by atoms with van der Waals surface area (Å²) in [6.07, 6.45) is 0. The van der Waals surface area contributed by atoms with Crippen LogP contribution in [0.1, 0.15) is 59.8 Å². The van der Waals surface area contributed by atoms with Gasteiger partial charge in [0.25, 0.3) is 12.4 Å². The van der Waals surface area contributed by atoms with Crippen molar-refractivity contribution in [2.75, 3.05) is 95.0 Å². The number of aromatic nitrogens is 8. The van der Waals surface area contributed by atoms with Crippen LogP contribution >= 0.6 is 0 Å². The number of carbonyl (C=O) groups excluding carboxylic acids is 2. The van der Waals surface area contributed by atoms with Crippen molar-refractivity contribution in [3.63, 3.8) is 0 Å². The third kappa shape index (κ3) is 12.1. The van der Waals surface area contributed by atoms with Crippen LogP contribution in [0.2, 0.25) is 0 Å². The molecule has 2 aliphatic heterocycles. The number of fused-ring (bicyclic) bond motifs is 8. The number of carbonyl (C=O) groups is 2. The fraction of sp³-hybridized carbons (Fsp3) is 0.355. The summed E-state index contributed by atoms with van der Waals surface area (Å²) < 4.78 is 51.5. The van der Waals surface area contributed by atoms with Gasteiger partial charge in [0, 0.05) is 70.2 Å². The quantitative estimate of drug-likeness (QED) is 0.0737. The Bertz CT molecular complexity index is 4050. The van der Waals surface area contributed by atoms with Gasteiger partial charge in [0.05, 0.1) is 64.5 Å². The average molecular weight is 1160 g/mol. The van der Waals surface area contributed by atoms with Gasteiger partial charge in [-0.2, -0.15) is 0 Å². The lowest BCUT2D eigenvalue weighted by Crippen LogP contribution is -2.32. The Labute approximate surface area is 492 Å². The lowest BCUT2D eigenvalue weighted by molar-refractivity contribution is -0.120. The first-order chi connectivity index (χ1) is 40.0. The van der Waals surface area contributed by atoms with E-state index in [0.29, 0.717) is 131 Å². The fourth-order valence-corrected chi connectivity index (χ4v) is 10.4. The number of amides is 1. The van der Waals surface area contributed by atoms with Crippen LogP contribution < -0.4 is 44.2 Å². The smallest absolute Gasteiger partial charge is 0.298 e. The van der Waals surface area contributed by atoms with Gasteiger partial charge >= 0.3 is 0 Å². The normalized spacial score (nSPS) is 12.3. The summed E-state index contributed by atoms with van der Waals surface area (Å²) in [5.74, 6) is 5.74. The number of nitrogens with one attached hydrogen (secondary N) is 3. The van der Waals surface area contributed by atoms with Crippen LogP contribution in [0.5, 0.6) is 40.2 Å². The second kappa shape index (κ2) is 26.1. The number of hydrogen-bond acceptors (Lipinski definition) is 20. The standard InChI is InChI=1S/C30H32N6O5.C26H22N4O6.C4H12N2.2CH4/c1-15-24(16(2)41-35-15)21-13-22-20(14-23(21)38-6)25-26(32-17(3)33-29(25)34-22)18-7-8-19(28-27(18)39-11-12-40-28)30(37)31-9-10-36(4)5;1-12-21(13(2)36-30-12)17-9-18-16(10-20(17)32-4)22-23(27-14(3)28-26(22)29-18)15-5-6-19(35-11-31)25-24(15)33-7-8-34-25;1-6(2)4-3-5;;/h7-8,13-14H,9-12H2,1-6H3,(H,31,37)(H,32,33,34);5-6,9-11H,7-8H2,1-4H3,(H,27,28,29);3-5H2,1-2H3;2*1H4. The zero-order chi connectivity index (χ0) is 58.8. The molecule has 0 spiro atoms. The Balaban J connectivity index is 0.000000199. The molecule has 10 aromatic rings. The van der Waals surface area contributed by atoms with Crippen molar-refractivity contribution >= 4 is 56.3 Å². The summed E-state index contributed by atoms with van der Waals surface area (Å²) in [6.45, 7) is 16.0. The lowest BCUT2D eigenvalue weighted by Gasteiger charge is -2.23. The molecule has 1 amide bonds. The van der Waals surface area contributed by atoms with Crippen LogP contribution in [0.3, 0.4) is 0 Å². The number of likely N-dealkylation sites (N-methyl/N-ethyl adjacent to an activating group) is 2. The topological polar surface area (TPSA) is 278 Å². The Morgan fingerprint density at radius 3 is 1.49 bits per heavy atom. The van der Waals surface area contributed by atoms with E-state index >= 15 is 0 Å². The summed E-state index contributed by atoms with van der Waals surface area (Å²) in [5, 5.41) is 14.6. The maximum Gasteiger partial charge on any atom is 0.298 e. The molecule has 23 heteroatoms. The minimum atomic E-state index is -0.215. The van der Waals surface area contributed by atoms with Gasteiger partial charge < -0.3 is 73.0 Å². The molecule has 12 rings (SSSR count). The summed E-state index contributed by atoms with van der Waals surface area (Å²) >= 11 is 0. The first-order valence-electron chi connectivity index (χ1n) is 26.9. The first-order valence-corrected chi connectivity index (χ1v) is 26.9. The highest BCUT2D eigenvalue weighted by Crippen LogP contribution is 2.50. The SMILES string of the molecule is C.C.CN(C)CCN.COc1cc2c(cc1-c1c(C)noc1C)[nH]c1nc(C)nc(-c3ccc(C(=O)NCCN(C)C)c4c3OCCO4)c12.COc1cc2c(cc1-c1c(C)noc1C)[nH]c1nc(C)nc(-c3ccc(OC=O)c4c3OCCO4)c12. The van der Waals surface area contributed by atoms with E-state index in [0.717, 1.165) is 91.4 Å². The van der Waals surface area contributed by atoms with Crippen LogP contribution in [0.15, 0.2) is 57.6 Å². The highest BCUT2D eigenvalue weighted by Gasteiger charge is 2.30.